The summed E-state index contributed by atoms with van der Waals surface area (Å²) in [6, 6.07) is 0.697. The Kier molecular flexibility index (Phi) is 5.90. The van der Waals surface area contributed by atoms with Crippen LogP contribution in [0.2, 0.25) is 0 Å². The van der Waals surface area contributed by atoms with Gasteiger partial charge in [0.05, 0.1) is 0 Å². The van der Waals surface area contributed by atoms with Crippen LogP contribution in [0.3, 0.4) is 0 Å². The predicted octanol–water partition coefficient (Wildman–Crippen LogP) is 1.65. The van der Waals surface area contributed by atoms with Gasteiger partial charge in [0.2, 0.25) is 0 Å². The van der Waals surface area contributed by atoms with Gasteiger partial charge in [0.25, 0.3) is 0 Å². The highest BCUT2D eigenvalue weighted by Crippen LogP contribution is 2.28. The maximum atomic E-state index is 3.39. The molecule has 0 radical (unpaired) electrons. The lowest BCUT2D eigenvalue weighted by atomic mass is 9.81. The molecule has 1 unspecified atom stereocenters. The van der Waals surface area contributed by atoms with E-state index in [1.165, 1.54) is 39.0 Å². The second-order valence-corrected chi connectivity index (χ2v) is 5.82. The van der Waals surface area contributed by atoms with Crippen molar-refractivity contribution in [3.8, 4) is 0 Å². The molecule has 0 amide bonds. The summed E-state index contributed by atoms with van der Waals surface area (Å²) in [5.74, 6) is 0. The van der Waals surface area contributed by atoms with Gasteiger partial charge in [-0.25, -0.2) is 0 Å². The third-order valence-corrected chi connectivity index (χ3v) is 4.56. The molecule has 1 aliphatic heterocycles. The average molecular weight is 241 g/mol. The molecule has 102 valence electrons. The zero-order valence-electron chi connectivity index (χ0n) is 12.4. The molecule has 17 heavy (non-hydrogen) atoms. The number of hydrogen-bond acceptors (Lipinski definition) is 3. The quantitative estimate of drug-likeness (QED) is 0.763. The lowest BCUT2D eigenvalue weighted by Gasteiger charge is -2.44. The normalized spacial score (nSPS) is 24.2. The lowest BCUT2D eigenvalue weighted by molar-refractivity contribution is 0.0503. The minimum atomic E-state index is 0.457. The zero-order chi connectivity index (χ0) is 12.9. The third-order valence-electron chi connectivity index (χ3n) is 4.56. The van der Waals surface area contributed by atoms with E-state index in [1.54, 1.807) is 0 Å². The summed E-state index contributed by atoms with van der Waals surface area (Å²) < 4.78 is 0. The van der Waals surface area contributed by atoms with Gasteiger partial charge in [-0.05, 0) is 39.3 Å². The molecule has 0 spiro atoms. The van der Waals surface area contributed by atoms with E-state index in [0.717, 1.165) is 6.54 Å². The first-order valence-corrected chi connectivity index (χ1v) is 7.14. The van der Waals surface area contributed by atoms with E-state index in [-0.39, 0.29) is 0 Å². The Balaban J connectivity index is 2.60. The number of hydrogen-bond donors (Lipinski definition) is 1. The van der Waals surface area contributed by atoms with Gasteiger partial charge in [0.1, 0.15) is 0 Å². The van der Waals surface area contributed by atoms with Gasteiger partial charge in [-0.3, -0.25) is 4.90 Å². The van der Waals surface area contributed by atoms with Gasteiger partial charge in [-0.2, -0.15) is 0 Å². The Bertz CT molecular complexity index is 214. The Morgan fingerprint density at radius 1 is 1.24 bits per heavy atom. The van der Waals surface area contributed by atoms with Gasteiger partial charge < -0.3 is 10.2 Å². The summed E-state index contributed by atoms with van der Waals surface area (Å²) in [4.78, 5) is 5.13. The van der Waals surface area contributed by atoms with Crippen LogP contribution in [-0.4, -0.2) is 62.7 Å². The summed E-state index contributed by atoms with van der Waals surface area (Å²) in [6.45, 7) is 13.1. The summed E-state index contributed by atoms with van der Waals surface area (Å²) >= 11 is 0. The fourth-order valence-electron chi connectivity index (χ4n) is 3.00. The molecular weight excluding hydrogens is 210 g/mol. The fourth-order valence-corrected chi connectivity index (χ4v) is 3.00. The molecule has 0 aromatic rings. The molecular formula is C14H31N3. The summed E-state index contributed by atoms with van der Waals surface area (Å²) in [6.07, 6.45) is 2.53. The highest BCUT2D eigenvalue weighted by molar-refractivity contribution is 4.87. The van der Waals surface area contributed by atoms with E-state index in [9.17, 15) is 0 Å². The maximum absolute atomic E-state index is 3.39. The molecule has 1 saturated heterocycles. The minimum absolute atomic E-state index is 0.457. The van der Waals surface area contributed by atoms with Crippen LogP contribution in [0.25, 0.3) is 0 Å². The molecule has 1 atom stereocenters. The monoisotopic (exact) mass is 241 g/mol. The highest BCUT2D eigenvalue weighted by atomic mass is 15.3. The number of nitrogens with one attached hydrogen (secondary N) is 1. The smallest absolute Gasteiger partial charge is 0.0195 e. The molecule has 0 aliphatic carbocycles. The highest BCUT2D eigenvalue weighted by Gasteiger charge is 2.31. The maximum Gasteiger partial charge on any atom is 0.0195 e. The van der Waals surface area contributed by atoms with Crippen LogP contribution in [0.4, 0.5) is 0 Å². The van der Waals surface area contributed by atoms with E-state index < -0.39 is 0 Å². The van der Waals surface area contributed by atoms with Gasteiger partial charge in [-0.1, -0.05) is 13.8 Å². The average Bonchev–Trinajstić information content (AvgIpc) is 2.32. The van der Waals surface area contributed by atoms with Crippen molar-refractivity contribution in [3.63, 3.8) is 0 Å². The number of rotatable bonds is 6. The van der Waals surface area contributed by atoms with Gasteiger partial charge >= 0.3 is 0 Å². The van der Waals surface area contributed by atoms with E-state index in [0.29, 0.717) is 11.5 Å². The van der Waals surface area contributed by atoms with Crippen molar-refractivity contribution < 1.29 is 0 Å². The van der Waals surface area contributed by atoms with Crippen molar-refractivity contribution in [2.24, 2.45) is 5.41 Å². The van der Waals surface area contributed by atoms with E-state index in [1.807, 2.05) is 0 Å². The largest absolute Gasteiger partial charge is 0.319 e. The van der Waals surface area contributed by atoms with Crippen LogP contribution >= 0.6 is 0 Å². The number of likely N-dealkylation sites (N-methyl/N-ethyl adjacent to an activating group) is 1. The first-order chi connectivity index (χ1) is 8.06. The number of piperazine rings is 1. The topological polar surface area (TPSA) is 18.5 Å². The lowest BCUT2D eigenvalue weighted by Crippen LogP contribution is -2.54. The Hall–Kier alpha value is -0.120. The predicted molar refractivity (Wildman–Crippen MR) is 75.5 cm³/mol. The van der Waals surface area contributed by atoms with Crippen LogP contribution in [0.15, 0.2) is 0 Å². The Morgan fingerprint density at radius 2 is 1.88 bits per heavy atom. The Morgan fingerprint density at radius 3 is 2.35 bits per heavy atom. The van der Waals surface area contributed by atoms with Gasteiger partial charge in [-0.15, -0.1) is 0 Å². The molecule has 0 aromatic carbocycles. The van der Waals surface area contributed by atoms with Crippen molar-refractivity contribution in [1.29, 1.82) is 0 Å². The molecule has 0 aromatic heterocycles. The third kappa shape index (κ3) is 3.94. The zero-order valence-corrected chi connectivity index (χ0v) is 12.4. The van der Waals surface area contributed by atoms with Crippen molar-refractivity contribution in [2.45, 2.75) is 39.7 Å². The van der Waals surface area contributed by atoms with Crippen LogP contribution in [0.5, 0.6) is 0 Å². The second kappa shape index (κ2) is 6.72. The van der Waals surface area contributed by atoms with Crippen LogP contribution in [-0.2, 0) is 0 Å². The van der Waals surface area contributed by atoms with E-state index in [2.05, 4.69) is 50.0 Å². The van der Waals surface area contributed by atoms with Gasteiger partial charge in [0, 0.05) is 38.8 Å². The van der Waals surface area contributed by atoms with Crippen molar-refractivity contribution >= 4 is 0 Å². The van der Waals surface area contributed by atoms with E-state index in [4.69, 9.17) is 0 Å². The molecule has 1 aliphatic rings. The summed E-state index contributed by atoms with van der Waals surface area (Å²) in [5.41, 5.74) is 0.457. The standard InChI is InChI=1S/C14H31N3/c1-6-14(7-2,11-15-4)12-17-9-8-16(5)10-13(17)3/h13,15H,6-12H2,1-5H3. The van der Waals surface area contributed by atoms with Crippen molar-refractivity contribution in [3.05, 3.63) is 0 Å². The Labute approximate surface area is 108 Å². The summed E-state index contributed by atoms with van der Waals surface area (Å²) in [7, 11) is 4.31. The van der Waals surface area contributed by atoms with Crippen molar-refractivity contribution in [1.82, 2.24) is 15.1 Å². The molecule has 1 heterocycles. The SMILES string of the molecule is CCC(CC)(CNC)CN1CCN(C)CC1C. The van der Waals surface area contributed by atoms with E-state index >= 15 is 0 Å². The molecule has 3 heteroatoms. The number of nitrogens with zero attached hydrogens (tertiary/aromatic N) is 2. The van der Waals surface area contributed by atoms with Crippen LogP contribution in [0, 0.1) is 5.41 Å². The molecule has 1 N–H and O–H groups in total. The molecule has 3 nitrogen and oxygen atoms in total. The molecule has 0 saturated carbocycles. The summed E-state index contributed by atoms with van der Waals surface area (Å²) in [5, 5.41) is 3.39. The van der Waals surface area contributed by atoms with Crippen LogP contribution in [0.1, 0.15) is 33.6 Å². The van der Waals surface area contributed by atoms with Gasteiger partial charge in [0.15, 0.2) is 0 Å². The molecule has 1 fully saturated rings. The minimum Gasteiger partial charge on any atom is -0.319 e. The second-order valence-electron chi connectivity index (χ2n) is 5.82. The van der Waals surface area contributed by atoms with Crippen LogP contribution < -0.4 is 5.32 Å². The molecule has 0 bridgehead atoms. The van der Waals surface area contributed by atoms with Crippen molar-refractivity contribution in [2.75, 3.05) is 46.8 Å². The first-order valence-electron chi connectivity index (χ1n) is 7.14. The fraction of sp³-hybridized carbons (Fsp3) is 1.00. The first kappa shape index (κ1) is 14.9. The molecule has 1 rings (SSSR count).